The smallest absolute Gasteiger partial charge is 0.220 e. The maximum absolute atomic E-state index is 11.9. The molecule has 0 radical (unpaired) electrons. The van der Waals surface area contributed by atoms with Crippen LogP contribution in [0.5, 0.6) is 0 Å². The van der Waals surface area contributed by atoms with Crippen LogP contribution in [0.15, 0.2) is 24.3 Å². The molecule has 1 heterocycles. The largest absolute Gasteiger partial charge is 0.384 e. The Balaban J connectivity index is 1.83. The Morgan fingerprint density at radius 3 is 3.11 bits per heavy atom. The molecule has 0 aliphatic carbocycles. The van der Waals surface area contributed by atoms with Crippen molar-refractivity contribution >= 4 is 11.6 Å². The molecular weight excluding hydrogens is 240 g/mol. The maximum atomic E-state index is 11.9. The molecule has 0 bridgehead atoms. The molecule has 19 heavy (non-hydrogen) atoms. The molecule has 104 valence electrons. The van der Waals surface area contributed by atoms with E-state index in [2.05, 4.69) is 22.8 Å². The first-order chi connectivity index (χ1) is 9.19. The molecule has 2 atom stereocenters. The lowest BCUT2D eigenvalue weighted by Gasteiger charge is -2.27. The number of ether oxygens (including phenoxy) is 1. The Morgan fingerprint density at radius 2 is 2.32 bits per heavy atom. The van der Waals surface area contributed by atoms with Crippen LogP contribution in [-0.2, 0) is 16.0 Å². The zero-order chi connectivity index (χ0) is 13.7. The van der Waals surface area contributed by atoms with Gasteiger partial charge in [0.1, 0.15) is 0 Å². The fourth-order valence-electron chi connectivity index (χ4n) is 2.49. The second-order valence-corrected chi connectivity index (χ2v) is 5.27. The number of anilines is 1. The lowest BCUT2D eigenvalue weighted by atomic mass is 9.99. The summed E-state index contributed by atoms with van der Waals surface area (Å²) in [5, 5.41) is 6.45. The summed E-state index contributed by atoms with van der Waals surface area (Å²) < 4.78 is 5.05. The highest BCUT2D eigenvalue weighted by molar-refractivity contribution is 5.76. The van der Waals surface area contributed by atoms with Gasteiger partial charge in [0.2, 0.25) is 5.91 Å². The number of hydrogen-bond acceptors (Lipinski definition) is 3. The van der Waals surface area contributed by atoms with Gasteiger partial charge in [-0.1, -0.05) is 25.1 Å². The lowest BCUT2D eigenvalue weighted by Crippen LogP contribution is -2.44. The van der Waals surface area contributed by atoms with Crippen molar-refractivity contribution in [1.82, 2.24) is 5.32 Å². The first-order valence-corrected chi connectivity index (χ1v) is 6.79. The van der Waals surface area contributed by atoms with E-state index >= 15 is 0 Å². The minimum Gasteiger partial charge on any atom is -0.384 e. The molecule has 4 heteroatoms. The first kappa shape index (κ1) is 13.9. The van der Waals surface area contributed by atoms with E-state index in [1.54, 1.807) is 7.11 Å². The van der Waals surface area contributed by atoms with Crippen molar-refractivity contribution < 1.29 is 9.53 Å². The summed E-state index contributed by atoms with van der Waals surface area (Å²) in [4.78, 5) is 11.9. The predicted molar refractivity (Wildman–Crippen MR) is 76.2 cm³/mol. The zero-order valence-corrected chi connectivity index (χ0v) is 11.6. The van der Waals surface area contributed by atoms with Crippen LogP contribution in [0.2, 0.25) is 0 Å². The molecule has 2 unspecified atom stereocenters. The number of fused-ring (bicyclic) bond motifs is 1. The van der Waals surface area contributed by atoms with Crippen molar-refractivity contribution in [2.45, 2.75) is 25.8 Å². The molecule has 0 saturated heterocycles. The van der Waals surface area contributed by atoms with Crippen LogP contribution in [-0.4, -0.2) is 32.2 Å². The normalized spacial score (nSPS) is 19.2. The highest BCUT2D eigenvalue weighted by Crippen LogP contribution is 2.21. The van der Waals surface area contributed by atoms with Gasteiger partial charge >= 0.3 is 0 Å². The molecule has 0 spiro atoms. The van der Waals surface area contributed by atoms with Crippen LogP contribution < -0.4 is 10.6 Å². The van der Waals surface area contributed by atoms with Crippen molar-refractivity contribution in [2.24, 2.45) is 5.92 Å². The van der Waals surface area contributed by atoms with Gasteiger partial charge in [0, 0.05) is 32.4 Å². The number of para-hydroxylation sites is 1. The van der Waals surface area contributed by atoms with Crippen LogP contribution >= 0.6 is 0 Å². The van der Waals surface area contributed by atoms with Gasteiger partial charge < -0.3 is 15.4 Å². The van der Waals surface area contributed by atoms with E-state index in [9.17, 15) is 4.79 Å². The fraction of sp³-hybridized carbons (Fsp3) is 0.533. The van der Waals surface area contributed by atoms with E-state index in [0.29, 0.717) is 13.0 Å². The standard InChI is InChI=1S/C15H22N2O2/c1-11(10-19-2)7-15(18)17-13-8-12-5-3-4-6-14(12)16-9-13/h3-6,11,13,16H,7-10H2,1-2H3,(H,17,18). The second-order valence-electron chi connectivity index (χ2n) is 5.27. The van der Waals surface area contributed by atoms with Gasteiger partial charge in [-0.2, -0.15) is 0 Å². The summed E-state index contributed by atoms with van der Waals surface area (Å²) in [5.74, 6) is 0.365. The van der Waals surface area contributed by atoms with Crippen molar-refractivity contribution in [3.05, 3.63) is 29.8 Å². The number of nitrogens with one attached hydrogen (secondary N) is 2. The Labute approximate surface area is 114 Å². The van der Waals surface area contributed by atoms with Crippen molar-refractivity contribution in [1.29, 1.82) is 0 Å². The Morgan fingerprint density at radius 1 is 1.53 bits per heavy atom. The van der Waals surface area contributed by atoms with Gasteiger partial charge in [0.05, 0.1) is 6.04 Å². The SMILES string of the molecule is COCC(C)CC(=O)NC1CNc2ccccc2C1. The molecule has 4 nitrogen and oxygen atoms in total. The Kier molecular flexibility index (Phi) is 4.80. The summed E-state index contributed by atoms with van der Waals surface area (Å²) in [7, 11) is 1.66. The van der Waals surface area contributed by atoms with E-state index < -0.39 is 0 Å². The number of methoxy groups -OCH3 is 1. The molecule has 2 N–H and O–H groups in total. The average Bonchev–Trinajstić information content (AvgIpc) is 2.38. The summed E-state index contributed by atoms with van der Waals surface area (Å²) >= 11 is 0. The summed E-state index contributed by atoms with van der Waals surface area (Å²) in [6, 6.07) is 8.42. The molecule has 2 rings (SSSR count). The first-order valence-electron chi connectivity index (χ1n) is 6.79. The van der Waals surface area contributed by atoms with Crippen LogP contribution in [0.4, 0.5) is 5.69 Å². The number of hydrogen-bond donors (Lipinski definition) is 2. The van der Waals surface area contributed by atoms with E-state index in [1.807, 2.05) is 19.1 Å². The van der Waals surface area contributed by atoms with E-state index in [-0.39, 0.29) is 17.9 Å². The molecule has 1 amide bonds. The third kappa shape index (κ3) is 3.96. The molecule has 1 aromatic carbocycles. The number of amides is 1. The van der Waals surface area contributed by atoms with Crippen LogP contribution in [0.1, 0.15) is 18.9 Å². The van der Waals surface area contributed by atoms with Crippen LogP contribution in [0, 0.1) is 5.92 Å². The quantitative estimate of drug-likeness (QED) is 0.851. The second kappa shape index (κ2) is 6.57. The predicted octanol–water partition coefficient (Wildman–Crippen LogP) is 1.81. The summed E-state index contributed by atoms with van der Waals surface area (Å²) in [5.41, 5.74) is 2.45. The summed E-state index contributed by atoms with van der Waals surface area (Å²) in [6.07, 6.45) is 1.42. The molecule has 1 aromatic rings. The zero-order valence-electron chi connectivity index (χ0n) is 11.6. The van der Waals surface area contributed by atoms with Gasteiger partial charge in [0.15, 0.2) is 0 Å². The number of rotatable bonds is 5. The average molecular weight is 262 g/mol. The third-order valence-electron chi connectivity index (χ3n) is 3.37. The maximum Gasteiger partial charge on any atom is 0.220 e. The van der Waals surface area contributed by atoms with Crippen molar-refractivity contribution in [2.75, 3.05) is 25.6 Å². The minimum absolute atomic E-state index is 0.107. The number of benzene rings is 1. The van der Waals surface area contributed by atoms with Gasteiger partial charge in [0.25, 0.3) is 0 Å². The van der Waals surface area contributed by atoms with Gasteiger partial charge in [-0.3, -0.25) is 4.79 Å². The molecular formula is C15H22N2O2. The number of carbonyl (C=O) groups excluding carboxylic acids is 1. The molecule has 0 fully saturated rings. The third-order valence-corrected chi connectivity index (χ3v) is 3.37. The van der Waals surface area contributed by atoms with Crippen LogP contribution in [0.3, 0.4) is 0 Å². The van der Waals surface area contributed by atoms with Gasteiger partial charge in [-0.15, -0.1) is 0 Å². The number of carbonyl (C=O) groups is 1. The Bertz CT molecular complexity index is 434. The van der Waals surface area contributed by atoms with Crippen molar-refractivity contribution in [3.8, 4) is 0 Å². The molecule has 1 aliphatic rings. The minimum atomic E-state index is 0.107. The molecule has 0 saturated carbocycles. The van der Waals surface area contributed by atoms with E-state index in [0.717, 1.165) is 13.0 Å². The Hall–Kier alpha value is -1.55. The molecule has 0 aromatic heterocycles. The lowest BCUT2D eigenvalue weighted by molar-refractivity contribution is -0.122. The topological polar surface area (TPSA) is 50.4 Å². The fourth-order valence-corrected chi connectivity index (χ4v) is 2.49. The van der Waals surface area contributed by atoms with Gasteiger partial charge in [-0.25, -0.2) is 0 Å². The van der Waals surface area contributed by atoms with E-state index in [4.69, 9.17) is 4.74 Å². The van der Waals surface area contributed by atoms with Crippen molar-refractivity contribution in [3.63, 3.8) is 0 Å². The van der Waals surface area contributed by atoms with Crippen LogP contribution in [0.25, 0.3) is 0 Å². The highest BCUT2D eigenvalue weighted by Gasteiger charge is 2.20. The van der Waals surface area contributed by atoms with Gasteiger partial charge in [-0.05, 0) is 24.0 Å². The monoisotopic (exact) mass is 262 g/mol. The summed E-state index contributed by atoms with van der Waals surface area (Å²) in [6.45, 7) is 3.44. The van der Waals surface area contributed by atoms with E-state index in [1.165, 1.54) is 11.3 Å². The highest BCUT2D eigenvalue weighted by atomic mass is 16.5. The molecule has 1 aliphatic heterocycles.